The normalized spacial score (nSPS) is 17.8. The van der Waals surface area contributed by atoms with Crippen LogP contribution in [0, 0.1) is 0 Å². The first-order valence-electron chi connectivity index (χ1n) is 7.56. The molecule has 2 rings (SSSR count). The van der Waals surface area contributed by atoms with Gasteiger partial charge in [0.05, 0.1) is 6.61 Å². The molecule has 0 amide bonds. The number of nitrogens with zero attached hydrogens (tertiary/aromatic N) is 1. The minimum absolute atomic E-state index is 0.0369. The summed E-state index contributed by atoms with van der Waals surface area (Å²) >= 11 is 5.89. The van der Waals surface area contributed by atoms with Crippen molar-refractivity contribution in [3.8, 4) is 0 Å². The van der Waals surface area contributed by atoms with Crippen molar-refractivity contribution in [3.05, 3.63) is 34.9 Å². The van der Waals surface area contributed by atoms with E-state index in [0.29, 0.717) is 6.04 Å². The van der Waals surface area contributed by atoms with Crippen LogP contribution in [-0.2, 0) is 0 Å². The molecule has 1 aromatic rings. The van der Waals surface area contributed by atoms with Gasteiger partial charge in [-0.3, -0.25) is 4.90 Å². The first kappa shape index (κ1) is 15.8. The van der Waals surface area contributed by atoms with Gasteiger partial charge in [0.15, 0.2) is 0 Å². The van der Waals surface area contributed by atoms with Crippen LogP contribution in [0.25, 0.3) is 0 Å². The standard InChI is InChI=1S/C16H25ClN2O/c17-14-7-5-13(6-8-14)16(18)9-10-19(11-12-20)15-3-1-2-4-15/h5-8,15-16,20H,1-4,9-12,18H2. The Hall–Kier alpha value is -0.610. The zero-order valence-corrected chi connectivity index (χ0v) is 12.7. The van der Waals surface area contributed by atoms with Crippen molar-refractivity contribution >= 4 is 11.6 Å². The van der Waals surface area contributed by atoms with Gasteiger partial charge in [0, 0.05) is 30.2 Å². The van der Waals surface area contributed by atoms with E-state index in [2.05, 4.69) is 4.90 Å². The van der Waals surface area contributed by atoms with E-state index in [9.17, 15) is 5.11 Å². The maximum absolute atomic E-state index is 9.22. The number of benzene rings is 1. The second-order valence-corrected chi connectivity index (χ2v) is 6.08. The fourth-order valence-corrected chi connectivity index (χ4v) is 3.18. The number of aliphatic hydroxyl groups is 1. The third-order valence-electron chi connectivity index (χ3n) is 4.25. The largest absolute Gasteiger partial charge is 0.395 e. The third kappa shape index (κ3) is 4.45. The highest BCUT2D eigenvalue weighted by molar-refractivity contribution is 6.30. The monoisotopic (exact) mass is 296 g/mol. The van der Waals surface area contributed by atoms with E-state index in [1.165, 1.54) is 25.7 Å². The second-order valence-electron chi connectivity index (χ2n) is 5.64. The van der Waals surface area contributed by atoms with Gasteiger partial charge in [-0.15, -0.1) is 0 Å². The predicted octanol–water partition coefficient (Wildman–Crippen LogP) is 2.97. The summed E-state index contributed by atoms with van der Waals surface area (Å²) in [5, 5.41) is 9.97. The summed E-state index contributed by atoms with van der Waals surface area (Å²) in [6, 6.07) is 8.45. The summed E-state index contributed by atoms with van der Waals surface area (Å²) in [6.07, 6.45) is 6.07. The fraction of sp³-hybridized carbons (Fsp3) is 0.625. The number of aliphatic hydroxyl groups excluding tert-OH is 1. The Morgan fingerprint density at radius 2 is 1.85 bits per heavy atom. The lowest BCUT2D eigenvalue weighted by Gasteiger charge is -2.29. The van der Waals surface area contributed by atoms with Crippen LogP contribution < -0.4 is 5.73 Å². The van der Waals surface area contributed by atoms with E-state index >= 15 is 0 Å². The van der Waals surface area contributed by atoms with Crippen molar-refractivity contribution in [2.75, 3.05) is 19.7 Å². The quantitative estimate of drug-likeness (QED) is 0.813. The second kappa shape index (κ2) is 7.99. The van der Waals surface area contributed by atoms with E-state index < -0.39 is 0 Å². The molecule has 3 nitrogen and oxygen atoms in total. The summed E-state index contributed by atoms with van der Waals surface area (Å²) in [5.74, 6) is 0. The Morgan fingerprint density at radius 3 is 2.45 bits per heavy atom. The van der Waals surface area contributed by atoms with Crippen LogP contribution in [0.2, 0.25) is 5.02 Å². The van der Waals surface area contributed by atoms with Crippen molar-refractivity contribution in [1.29, 1.82) is 0 Å². The van der Waals surface area contributed by atoms with Crippen LogP contribution in [0.15, 0.2) is 24.3 Å². The molecule has 3 N–H and O–H groups in total. The van der Waals surface area contributed by atoms with E-state index in [1.807, 2.05) is 24.3 Å². The van der Waals surface area contributed by atoms with Gasteiger partial charge in [0.2, 0.25) is 0 Å². The SMILES string of the molecule is NC(CCN(CCO)C1CCCC1)c1ccc(Cl)cc1. The Balaban J connectivity index is 1.86. The van der Waals surface area contributed by atoms with Crippen LogP contribution in [0.1, 0.15) is 43.7 Å². The highest BCUT2D eigenvalue weighted by Gasteiger charge is 2.22. The van der Waals surface area contributed by atoms with Crippen LogP contribution in [-0.4, -0.2) is 35.7 Å². The first-order chi connectivity index (χ1) is 9.70. The molecule has 1 fully saturated rings. The molecule has 0 heterocycles. The first-order valence-corrected chi connectivity index (χ1v) is 7.94. The molecule has 0 aliphatic heterocycles. The minimum atomic E-state index is 0.0369. The molecule has 0 radical (unpaired) electrons. The molecule has 1 unspecified atom stereocenters. The predicted molar refractivity (Wildman–Crippen MR) is 83.9 cm³/mol. The molecule has 4 heteroatoms. The van der Waals surface area contributed by atoms with Crippen LogP contribution in [0.4, 0.5) is 0 Å². The number of hydrogen-bond donors (Lipinski definition) is 2. The average Bonchev–Trinajstić information content (AvgIpc) is 2.98. The highest BCUT2D eigenvalue weighted by atomic mass is 35.5. The number of hydrogen-bond acceptors (Lipinski definition) is 3. The Morgan fingerprint density at radius 1 is 1.20 bits per heavy atom. The summed E-state index contributed by atoms with van der Waals surface area (Å²) in [7, 11) is 0. The smallest absolute Gasteiger partial charge is 0.0558 e. The number of rotatable bonds is 7. The summed E-state index contributed by atoms with van der Waals surface area (Å²) in [5.41, 5.74) is 7.39. The lowest BCUT2D eigenvalue weighted by molar-refractivity contribution is 0.147. The fourth-order valence-electron chi connectivity index (χ4n) is 3.06. The molecular formula is C16H25ClN2O. The summed E-state index contributed by atoms with van der Waals surface area (Å²) < 4.78 is 0. The molecule has 20 heavy (non-hydrogen) atoms. The molecule has 0 saturated heterocycles. The van der Waals surface area contributed by atoms with Gasteiger partial charge in [0.25, 0.3) is 0 Å². The number of nitrogens with two attached hydrogens (primary N) is 1. The molecule has 1 saturated carbocycles. The third-order valence-corrected chi connectivity index (χ3v) is 4.51. The lowest BCUT2D eigenvalue weighted by atomic mass is 10.0. The maximum atomic E-state index is 9.22. The molecule has 1 aromatic carbocycles. The molecule has 0 bridgehead atoms. The molecule has 112 valence electrons. The Bertz CT molecular complexity index is 390. The van der Waals surface area contributed by atoms with Crippen molar-refractivity contribution < 1.29 is 5.11 Å². The van der Waals surface area contributed by atoms with Crippen molar-refractivity contribution in [1.82, 2.24) is 4.90 Å². The molecular weight excluding hydrogens is 272 g/mol. The molecule has 1 aliphatic rings. The van der Waals surface area contributed by atoms with E-state index in [4.69, 9.17) is 17.3 Å². The molecule has 0 spiro atoms. The summed E-state index contributed by atoms with van der Waals surface area (Å²) in [6.45, 7) is 1.94. The van der Waals surface area contributed by atoms with Gasteiger partial charge in [0.1, 0.15) is 0 Å². The van der Waals surface area contributed by atoms with Gasteiger partial charge in [-0.1, -0.05) is 36.6 Å². The molecule has 1 atom stereocenters. The molecule has 1 aliphatic carbocycles. The lowest BCUT2D eigenvalue weighted by Crippen LogP contribution is -2.37. The van der Waals surface area contributed by atoms with Gasteiger partial charge in [-0.05, 0) is 37.0 Å². The topological polar surface area (TPSA) is 49.5 Å². The van der Waals surface area contributed by atoms with Crippen LogP contribution in [0.3, 0.4) is 0 Å². The van der Waals surface area contributed by atoms with Gasteiger partial charge < -0.3 is 10.8 Å². The zero-order chi connectivity index (χ0) is 14.4. The Labute approximate surface area is 126 Å². The van der Waals surface area contributed by atoms with Gasteiger partial charge in [-0.25, -0.2) is 0 Å². The van der Waals surface area contributed by atoms with Crippen LogP contribution >= 0.6 is 11.6 Å². The minimum Gasteiger partial charge on any atom is -0.395 e. The Kier molecular flexibility index (Phi) is 6.30. The van der Waals surface area contributed by atoms with E-state index in [0.717, 1.165) is 30.1 Å². The number of halogens is 1. The van der Waals surface area contributed by atoms with Crippen molar-refractivity contribution in [2.24, 2.45) is 5.73 Å². The zero-order valence-electron chi connectivity index (χ0n) is 12.0. The van der Waals surface area contributed by atoms with Gasteiger partial charge in [-0.2, -0.15) is 0 Å². The van der Waals surface area contributed by atoms with Crippen molar-refractivity contribution in [2.45, 2.75) is 44.2 Å². The van der Waals surface area contributed by atoms with E-state index in [-0.39, 0.29) is 12.6 Å². The average molecular weight is 297 g/mol. The van der Waals surface area contributed by atoms with Crippen molar-refractivity contribution in [3.63, 3.8) is 0 Å². The highest BCUT2D eigenvalue weighted by Crippen LogP contribution is 2.25. The maximum Gasteiger partial charge on any atom is 0.0558 e. The van der Waals surface area contributed by atoms with E-state index in [1.54, 1.807) is 0 Å². The summed E-state index contributed by atoms with van der Waals surface area (Å²) in [4.78, 5) is 2.41. The van der Waals surface area contributed by atoms with Gasteiger partial charge >= 0.3 is 0 Å². The molecule has 0 aromatic heterocycles. The van der Waals surface area contributed by atoms with Crippen LogP contribution in [0.5, 0.6) is 0 Å².